The minimum absolute atomic E-state index is 0.0972. The highest BCUT2D eigenvalue weighted by molar-refractivity contribution is 7.89. The number of anilines is 1. The van der Waals surface area contributed by atoms with Crippen LogP contribution >= 0.6 is 11.6 Å². The van der Waals surface area contributed by atoms with E-state index in [2.05, 4.69) is 4.72 Å². The van der Waals surface area contributed by atoms with Gasteiger partial charge in [0.25, 0.3) is 0 Å². The fourth-order valence-electron chi connectivity index (χ4n) is 1.93. The van der Waals surface area contributed by atoms with Crippen LogP contribution in [0.2, 0.25) is 5.02 Å². The van der Waals surface area contributed by atoms with E-state index < -0.39 is 10.0 Å². The molecule has 0 aromatic heterocycles. The molecule has 2 rings (SSSR count). The average Bonchev–Trinajstić information content (AvgIpc) is 2.36. The van der Waals surface area contributed by atoms with Gasteiger partial charge < -0.3 is 10.5 Å². The maximum atomic E-state index is 12.3. The van der Waals surface area contributed by atoms with E-state index in [0.717, 1.165) is 0 Å². The Hall–Kier alpha value is -0.820. The Labute approximate surface area is 118 Å². The van der Waals surface area contributed by atoms with Crippen molar-refractivity contribution in [1.29, 1.82) is 0 Å². The van der Waals surface area contributed by atoms with Crippen LogP contribution in [0.4, 0.5) is 5.69 Å². The minimum Gasteiger partial charge on any atom is -0.398 e. The van der Waals surface area contributed by atoms with E-state index in [1.165, 1.54) is 12.1 Å². The second-order valence-corrected chi connectivity index (χ2v) is 6.75. The molecule has 1 heterocycles. The predicted molar refractivity (Wildman–Crippen MR) is 74.8 cm³/mol. The maximum absolute atomic E-state index is 12.3. The number of nitrogens with one attached hydrogen (secondary N) is 1. The number of ether oxygens (including phenoxy) is 1. The molecule has 0 aliphatic carbocycles. The van der Waals surface area contributed by atoms with E-state index in [1.807, 2.05) is 0 Å². The summed E-state index contributed by atoms with van der Waals surface area (Å²) in [5.74, 6) is 0. The number of halogens is 1. The van der Waals surface area contributed by atoms with Gasteiger partial charge in [0, 0.05) is 30.0 Å². The van der Waals surface area contributed by atoms with Crippen molar-refractivity contribution in [2.75, 3.05) is 18.9 Å². The molecule has 0 radical (unpaired) electrons. The van der Waals surface area contributed by atoms with Crippen molar-refractivity contribution in [3.8, 4) is 0 Å². The first-order chi connectivity index (χ1) is 8.90. The third-order valence-electron chi connectivity index (χ3n) is 3.21. The van der Waals surface area contributed by atoms with E-state index in [-0.39, 0.29) is 10.9 Å². The Morgan fingerprint density at radius 2 is 2.00 bits per heavy atom. The van der Waals surface area contributed by atoms with Crippen molar-refractivity contribution in [2.24, 2.45) is 0 Å². The average molecular weight is 305 g/mol. The molecule has 0 amide bonds. The minimum atomic E-state index is -3.59. The molecule has 1 aliphatic heterocycles. The molecule has 0 unspecified atom stereocenters. The lowest BCUT2D eigenvalue weighted by molar-refractivity contribution is 0.0832. The zero-order chi connectivity index (χ0) is 14.0. The molecular weight excluding hydrogens is 288 g/mol. The number of benzene rings is 1. The molecular formula is C12H17ClN2O3S. The molecule has 0 spiro atoms. The van der Waals surface area contributed by atoms with Gasteiger partial charge in [0.15, 0.2) is 0 Å². The first kappa shape index (κ1) is 14.6. The fraction of sp³-hybridized carbons (Fsp3) is 0.500. The first-order valence-corrected chi connectivity index (χ1v) is 7.92. The topological polar surface area (TPSA) is 81.4 Å². The van der Waals surface area contributed by atoms with Crippen LogP contribution in [-0.2, 0) is 14.8 Å². The quantitative estimate of drug-likeness (QED) is 0.833. The molecule has 0 bridgehead atoms. The van der Waals surface area contributed by atoms with Crippen molar-refractivity contribution in [3.63, 3.8) is 0 Å². The molecule has 3 N–H and O–H groups in total. The van der Waals surface area contributed by atoms with Gasteiger partial charge in [-0.15, -0.1) is 0 Å². The second kappa shape index (κ2) is 5.66. The largest absolute Gasteiger partial charge is 0.398 e. The maximum Gasteiger partial charge on any atom is 0.240 e. The summed E-state index contributed by atoms with van der Waals surface area (Å²) in [6.45, 7) is 2.90. The summed E-state index contributed by atoms with van der Waals surface area (Å²) in [4.78, 5) is 0.104. The van der Waals surface area contributed by atoms with Crippen LogP contribution in [0.5, 0.6) is 0 Å². The van der Waals surface area contributed by atoms with E-state index in [1.54, 1.807) is 6.92 Å². The van der Waals surface area contributed by atoms with Crippen molar-refractivity contribution in [2.45, 2.75) is 30.7 Å². The summed E-state index contributed by atoms with van der Waals surface area (Å²) in [6.07, 6.45) is 1.35. The van der Waals surface area contributed by atoms with Crippen LogP contribution in [0.15, 0.2) is 17.0 Å². The summed E-state index contributed by atoms with van der Waals surface area (Å²) in [7, 11) is -3.59. The standard InChI is InChI=1S/C12H17ClN2O3S/c1-8-11(13)6-10(7-12(8)14)19(16,17)15-9-2-4-18-5-3-9/h6-7,9,15H,2-5,14H2,1H3. The second-order valence-electron chi connectivity index (χ2n) is 4.63. The Kier molecular flexibility index (Phi) is 4.35. The van der Waals surface area contributed by atoms with Gasteiger partial charge >= 0.3 is 0 Å². The van der Waals surface area contributed by atoms with Gasteiger partial charge in [-0.25, -0.2) is 13.1 Å². The van der Waals surface area contributed by atoms with Crippen molar-refractivity contribution >= 4 is 27.3 Å². The number of hydrogen-bond acceptors (Lipinski definition) is 4. The van der Waals surface area contributed by atoms with Gasteiger partial charge in [-0.1, -0.05) is 11.6 Å². The Bertz CT molecular complexity index is 545. The Morgan fingerprint density at radius 1 is 1.37 bits per heavy atom. The zero-order valence-electron chi connectivity index (χ0n) is 10.6. The van der Waals surface area contributed by atoms with Crippen LogP contribution < -0.4 is 10.5 Å². The number of nitrogen functional groups attached to an aromatic ring is 1. The van der Waals surface area contributed by atoms with Crippen LogP contribution in [0.3, 0.4) is 0 Å². The molecule has 1 aromatic rings. The third-order valence-corrected chi connectivity index (χ3v) is 5.10. The van der Waals surface area contributed by atoms with Gasteiger partial charge in [-0.3, -0.25) is 0 Å². The van der Waals surface area contributed by atoms with Gasteiger partial charge in [-0.05, 0) is 37.5 Å². The Morgan fingerprint density at radius 3 is 2.58 bits per heavy atom. The zero-order valence-corrected chi connectivity index (χ0v) is 12.2. The van der Waals surface area contributed by atoms with Crippen molar-refractivity contribution in [3.05, 3.63) is 22.7 Å². The molecule has 5 nitrogen and oxygen atoms in total. The van der Waals surface area contributed by atoms with Crippen LogP contribution in [-0.4, -0.2) is 27.7 Å². The number of hydrogen-bond donors (Lipinski definition) is 2. The first-order valence-electron chi connectivity index (χ1n) is 6.06. The predicted octanol–water partition coefficient (Wildman–Crippen LogP) is 1.69. The third kappa shape index (κ3) is 3.39. The molecule has 1 aliphatic rings. The summed E-state index contributed by atoms with van der Waals surface area (Å²) in [6, 6.07) is 2.76. The molecule has 0 atom stereocenters. The summed E-state index contributed by atoms with van der Waals surface area (Å²) in [5.41, 5.74) is 6.82. The van der Waals surface area contributed by atoms with E-state index in [4.69, 9.17) is 22.1 Å². The van der Waals surface area contributed by atoms with Crippen LogP contribution in [0.25, 0.3) is 0 Å². The lowest BCUT2D eigenvalue weighted by atomic mass is 10.1. The summed E-state index contributed by atoms with van der Waals surface area (Å²) < 4.78 is 32.4. The SMILES string of the molecule is Cc1c(N)cc(S(=O)(=O)NC2CCOCC2)cc1Cl. The molecule has 1 fully saturated rings. The van der Waals surface area contributed by atoms with E-state index in [9.17, 15) is 8.42 Å². The number of rotatable bonds is 3. The normalized spacial score (nSPS) is 17.6. The monoisotopic (exact) mass is 304 g/mol. The van der Waals surface area contributed by atoms with Gasteiger partial charge in [-0.2, -0.15) is 0 Å². The highest BCUT2D eigenvalue weighted by atomic mass is 35.5. The molecule has 0 saturated carbocycles. The molecule has 1 saturated heterocycles. The van der Waals surface area contributed by atoms with E-state index >= 15 is 0 Å². The van der Waals surface area contributed by atoms with Crippen LogP contribution in [0, 0.1) is 6.92 Å². The van der Waals surface area contributed by atoms with Gasteiger partial charge in [0.1, 0.15) is 0 Å². The lowest BCUT2D eigenvalue weighted by Gasteiger charge is -2.23. The smallest absolute Gasteiger partial charge is 0.240 e. The molecule has 106 valence electrons. The lowest BCUT2D eigenvalue weighted by Crippen LogP contribution is -2.38. The number of nitrogens with two attached hydrogens (primary N) is 1. The highest BCUT2D eigenvalue weighted by Gasteiger charge is 2.23. The summed E-state index contributed by atoms with van der Waals surface area (Å²) >= 11 is 5.98. The number of sulfonamides is 1. The highest BCUT2D eigenvalue weighted by Crippen LogP contribution is 2.26. The van der Waals surface area contributed by atoms with Crippen molar-refractivity contribution in [1.82, 2.24) is 4.72 Å². The van der Waals surface area contributed by atoms with Gasteiger partial charge in [0.05, 0.1) is 4.90 Å². The van der Waals surface area contributed by atoms with Crippen molar-refractivity contribution < 1.29 is 13.2 Å². The summed E-state index contributed by atoms with van der Waals surface area (Å²) in [5, 5.41) is 0.354. The molecule has 7 heteroatoms. The fourth-order valence-corrected chi connectivity index (χ4v) is 3.59. The van der Waals surface area contributed by atoms with Crippen LogP contribution in [0.1, 0.15) is 18.4 Å². The molecule has 1 aromatic carbocycles. The molecule has 19 heavy (non-hydrogen) atoms. The Balaban J connectivity index is 2.24. The van der Waals surface area contributed by atoms with E-state index in [0.29, 0.717) is 42.3 Å². The van der Waals surface area contributed by atoms with Gasteiger partial charge in [0.2, 0.25) is 10.0 Å².